The fraction of sp³-hybridized carbons (Fsp3) is 0.364. The third-order valence-electron chi connectivity index (χ3n) is 2.21. The summed E-state index contributed by atoms with van der Waals surface area (Å²) in [5.74, 6) is -7.16. The van der Waals surface area contributed by atoms with Crippen LogP contribution in [0.15, 0.2) is 6.07 Å². The Balaban J connectivity index is 0.00000324. The lowest BCUT2D eigenvalue weighted by molar-refractivity contribution is -0.143. The maximum absolute atomic E-state index is 13.3. The molecule has 19 heavy (non-hydrogen) atoms. The molecule has 0 fully saturated rings. The van der Waals surface area contributed by atoms with Crippen molar-refractivity contribution in [3.8, 4) is 0 Å². The molecule has 1 atom stereocenters. The molecule has 0 saturated heterocycles. The number of ether oxygens (including phenoxy) is 1. The van der Waals surface area contributed by atoms with Gasteiger partial charge in [0.05, 0.1) is 13.0 Å². The second-order valence-electron chi connectivity index (χ2n) is 3.50. The molecule has 0 amide bonds. The molecule has 0 saturated carbocycles. The van der Waals surface area contributed by atoms with Crippen molar-refractivity contribution in [2.45, 2.75) is 19.4 Å². The van der Waals surface area contributed by atoms with Gasteiger partial charge in [0.1, 0.15) is 0 Å². The highest BCUT2D eigenvalue weighted by Gasteiger charge is 2.25. The molecule has 0 spiro atoms. The molecule has 0 aliphatic carbocycles. The molecular formula is C11H12ClF4NO2. The lowest BCUT2D eigenvalue weighted by atomic mass is 10.0. The lowest BCUT2D eigenvalue weighted by Gasteiger charge is -2.14. The van der Waals surface area contributed by atoms with Crippen molar-refractivity contribution in [1.29, 1.82) is 0 Å². The summed E-state index contributed by atoms with van der Waals surface area (Å²) in [6.45, 7) is 1.60. The highest BCUT2D eigenvalue weighted by Crippen LogP contribution is 2.25. The fourth-order valence-corrected chi connectivity index (χ4v) is 1.42. The van der Waals surface area contributed by atoms with Gasteiger partial charge in [-0.25, -0.2) is 17.6 Å². The zero-order chi connectivity index (χ0) is 13.9. The molecule has 108 valence electrons. The standard InChI is InChI=1S/C11H11F4NO2.ClH/c1-2-18-8(17)4-7(16)9-10(14)5(12)3-6(13)11(9)15;/h3,7H,2,4,16H2,1H3;1H/t7-;/m1./s1. The SMILES string of the molecule is CCOC(=O)C[C@@H](N)c1c(F)c(F)cc(F)c1F.Cl. The van der Waals surface area contributed by atoms with E-state index in [0.717, 1.165) is 0 Å². The van der Waals surface area contributed by atoms with Crippen LogP contribution >= 0.6 is 12.4 Å². The maximum atomic E-state index is 13.3. The highest BCUT2D eigenvalue weighted by atomic mass is 35.5. The second-order valence-corrected chi connectivity index (χ2v) is 3.50. The predicted octanol–water partition coefficient (Wildman–Crippen LogP) is 2.62. The van der Waals surface area contributed by atoms with E-state index in [-0.39, 0.29) is 25.1 Å². The van der Waals surface area contributed by atoms with Gasteiger partial charge in [-0.05, 0) is 6.92 Å². The number of esters is 1. The Hall–Kier alpha value is -1.34. The average Bonchev–Trinajstić information content (AvgIpc) is 2.27. The average molecular weight is 302 g/mol. The minimum absolute atomic E-state index is 0. The van der Waals surface area contributed by atoms with Gasteiger partial charge in [0.15, 0.2) is 23.3 Å². The summed E-state index contributed by atoms with van der Waals surface area (Å²) >= 11 is 0. The molecule has 0 unspecified atom stereocenters. The van der Waals surface area contributed by atoms with E-state index in [0.29, 0.717) is 0 Å². The third kappa shape index (κ3) is 4.07. The van der Waals surface area contributed by atoms with Crippen LogP contribution in [0.2, 0.25) is 0 Å². The van der Waals surface area contributed by atoms with Gasteiger partial charge in [0.2, 0.25) is 0 Å². The Morgan fingerprint density at radius 1 is 1.26 bits per heavy atom. The quantitative estimate of drug-likeness (QED) is 0.528. The van der Waals surface area contributed by atoms with Crippen LogP contribution in [0.4, 0.5) is 17.6 Å². The van der Waals surface area contributed by atoms with Crippen molar-refractivity contribution in [2.24, 2.45) is 5.73 Å². The summed E-state index contributed by atoms with van der Waals surface area (Å²) in [5, 5.41) is 0. The zero-order valence-corrected chi connectivity index (χ0v) is 10.7. The number of hydrogen-bond acceptors (Lipinski definition) is 3. The van der Waals surface area contributed by atoms with E-state index in [1.165, 1.54) is 6.92 Å². The van der Waals surface area contributed by atoms with Gasteiger partial charge in [0, 0.05) is 17.7 Å². The minimum atomic E-state index is -1.61. The van der Waals surface area contributed by atoms with E-state index < -0.39 is 47.3 Å². The van der Waals surface area contributed by atoms with Crippen molar-refractivity contribution < 1.29 is 27.1 Å². The van der Waals surface area contributed by atoms with Crippen LogP contribution in [-0.2, 0) is 9.53 Å². The summed E-state index contributed by atoms with van der Waals surface area (Å²) in [6, 6.07) is -1.44. The van der Waals surface area contributed by atoms with E-state index in [2.05, 4.69) is 4.74 Å². The van der Waals surface area contributed by atoms with Crippen LogP contribution in [0, 0.1) is 23.3 Å². The zero-order valence-electron chi connectivity index (χ0n) is 9.88. The molecule has 0 bridgehead atoms. The number of hydrogen-bond donors (Lipinski definition) is 1. The minimum Gasteiger partial charge on any atom is -0.466 e. The van der Waals surface area contributed by atoms with Gasteiger partial charge in [-0.2, -0.15) is 0 Å². The van der Waals surface area contributed by atoms with Crippen molar-refractivity contribution in [3.05, 3.63) is 34.9 Å². The van der Waals surface area contributed by atoms with Gasteiger partial charge >= 0.3 is 5.97 Å². The molecule has 8 heteroatoms. The maximum Gasteiger partial charge on any atom is 0.307 e. The summed E-state index contributed by atoms with van der Waals surface area (Å²) in [4.78, 5) is 11.1. The highest BCUT2D eigenvalue weighted by molar-refractivity contribution is 5.85. The van der Waals surface area contributed by atoms with Crippen LogP contribution in [0.5, 0.6) is 0 Å². The van der Waals surface area contributed by atoms with Crippen molar-refractivity contribution in [2.75, 3.05) is 6.61 Å². The molecule has 2 N–H and O–H groups in total. The predicted molar refractivity (Wildman–Crippen MR) is 61.7 cm³/mol. The number of nitrogens with two attached hydrogens (primary N) is 1. The van der Waals surface area contributed by atoms with Crippen LogP contribution < -0.4 is 5.73 Å². The first-order valence-corrected chi connectivity index (χ1v) is 5.12. The summed E-state index contributed by atoms with van der Waals surface area (Å²) in [6.07, 6.45) is -0.579. The Labute approximate surface area is 113 Å². The Morgan fingerprint density at radius 2 is 1.74 bits per heavy atom. The summed E-state index contributed by atoms with van der Waals surface area (Å²) < 4.78 is 57.0. The van der Waals surface area contributed by atoms with Gasteiger partial charge in [0.25, 0.3) is 0 Å². The molecule has 1 rings (SSSR count). The van der Waals surface area contributed by atoms with Crippen molar-refractivity contribution >= 4 is 18.4 Å². The molecule has 0 aliphatic rings. The first kappa shape index (κ1) is 17.7. The Morgan fingerprint density at radius 3 is 2.16 bits per heavy atom. The van der Waals surface area contributed by atoms with Gasteiger partial charge in [-0.1, -0.05) is 0 Å². The van der Waals surface area contributed by atoms with E-state index >= 15 is 0 Å². The summed E-state index contributed by atoms with van der Waals surface area (Å²) in [5.41, 5.74) is 4.35. The second kappa shape index (κ2) is 7.30. The molecule has 3 nitrogen and oxygen atoms in total. The first-order valence-electron chi connectivity index (χ1n) is 5.12. The third-order valence-corrected chi connectivity index (χ3v) is 2.21. The fourth-order valence-electron chi connectivity index (χ4n) is 1.42. The Bertz CT molecular complexity index is 444. The smallest absolute Gasteiger partial charge is 0.307 e. The Kier molecular flexibility index (Phi) is 6.78. The molecule has 0 aliphatic heterocycles. The van der Waals surface area contributed by atoms with Gasteiger partial charge in [-0.15, -0.1) is 12.4 Å². The monoisotopic (exact) mass is 301 g/mol. The molecule has 0 radical (unpaired) electrons. The van der Waals surface area contributed by atoms with Crippen LogP contribution in [0.25, 0.3) is 0 Å². The molecule has 1 aromatic rings. The number of halogens is 5. The summed E-state index contributed by atoms with van der Waals surface area (Å²) in [7, 11) is 0. The van der Waals surface area contributed by atoms with E-state index in [4.69, 9.17) is 5.73 Å². The normalized spacial score (nSPS) is 11.7. The molecular weight excluding hydrogens is 290 g/mol. The first-order chi connectivity index (χ1) is 8.38. The number of carbonyl (C=O) groups is 1. The number of rotatable bonds is 4. The van der Waals surface area contributed by atoms with E-state index in [9.17, 15) is 22.4 Å². The largest absolute Gasteiger partial charge is 0.466 e. The van der Waals surface area contributed by atoms with Gasteiger partial charge < -0.3 is 10.5 Å². The lowest BCUT2D eigenvalue weighted by Crippen LogP contribution is -2.21. The van der Waals surface area contributed by atoms with Crippen LogP contribution in [0.1, 0.15) is 24.9 Å². The van der Waals surface area contributed by atoms with Crippen LogP contribution in [-0.4, -0.2) is 12.6 Å². The molecule has 0 heterocycles. The molecule has 1 aromatic carbocycles. The number of carbonyl (C=O) groups excluding carboxylic acids is 1. The van der Waals surface area contributed by atoms with Crippen LogP contribution in [0.3, 0.4) is 0 Å². The topological polar surface area (TPSA) is 52.3 Å². The number of benzene rings is 1. The van der Waals surface area contributed by atoms with E-state index in [1.807, 2.05) is 0 Å². The van der Waals surface area contributed by atoms with Crippen molar-refractivity contribution in [1.82, 2.24) is 0 Å². The van der Waals surface area contributed by atoms with Gasteiger partial charge in [-0.3, -0.25) is 4.79 Å². The molecule has 0 aromatic heterocycles. The van der Waals surface area contributed by atoms with Crippen molar-refractivity contribution in [3.63, 3.8) is 0 Å². The van der Waals surface area contributed by atoms with E-state index in [1.54, 1.807) is 0 Å².